The van der Waals surface area contributed by atoms with E-state index in [1.165, 1.54) is 25.8 Å². The van der Waals surface area contributed by atoms with Crippen LogP contribution in [0.25, 0.3) is 0 Å². The minimum atomic E-state index is -1.20. The maximum absolute atomic E-state index is 11.7. The van der Waals surface area contributed by atoms with Crippen LogP contribution in [-0.4, -0.2) is 66.7 Å². The van der Waals surface area contributed by atoms with Gasteiger partial charge in [-0.2, -0.15) is 0 Å². The maximum Gasteiger partial charge on any atom is 0.329 e. The number of aliphatic carboxylic acids is 1. The number of hydrogen-bond acceptors (Lipinski definition) is 3. The fraction of sp³-hybridized carbons (Fsp3) is 0.818. The van der Waals surface area contributed by atoms with Crippen molar-refractivity contribution < 1.29 is 14.7 Å². The summed E-state index contributed by atoms with van der Waals surface area (Å²) < 4.78 is 0. The number of rotatable bonds is 6. The molecule has 2 amide bonds. The molecule has 17 heavy (non-hydrogen) atoms. The quantitative estimate of drug-likeness (QED) is 0.666. The summed E-state index contributed by atoms with van der Waals surface area (Å²) in [5, 5.41) is 11.7. The van der Waals surface area contributed by atoms with Crippen molar-refractivity contribution in [3.63, 3.8) is 0 Å². The first-order valence-electron chi connectivity index (χ1n) is 5.59. The number of carbonyl (C=O) groups excluding carboxylic acids is 1. The molecule has 0 aliphatic heterocycles. The predicted molar refractivity (Wildman–Crippen MR) is 66.0 cm³/mol. The summed E-state index contributed by atoms with van der Waals surface area (Å²) in [5.41, 5.74) is -1.20. The molecular weight excluding hydrogens is 222 g/mol. The molecule has 0 atom stereocenters. The Bertz CT molecular complexity index is 277. The minimum Gasteiger partial charge on any atom is -0.480 e. The standard InChI is InChI=1S/C11H23N3O3/c1-11(2,9(15)16)14(5)10(17)12-7-6-8-13(3)4/h6-8H2,1-5H3,(H,12,17)(H,15,16). The van der Waals surface area contributed by atoms with Gasteiger partial charge in [0.05, 0.1) is 0 Å². The first-order chi connectivity index (χ1) is 7.69. The Balaban J connectivity index is 4.11. The highest BCUT2D eigenvalue weighted by atomic mass is 16.4. The Morgan fingerprint density at radius 1 is 1.24 bits per heavy atom. The lowest BCUT2D eigenvalue weighted by molar-refractivity contribution is -0.146. The predicted octanol–water partition coefficient (Wildman–Crippen LogP) is 0.443. The largest absolute Gasteiger partial charge is 0.480 e. The van der Waals surface area contributed by atoms with Crippen LogP contribution >= 0.6 is 0 Å². The second kappa shape index (κ2) is 6.44. The average molecular weight is 245 g/mol. The Morgan fingerprint density at radius 2 is 1.76 bits per heavy atom. The molecule has 0 aliphatic carbocycles. The van der Waals surface area contributed by atoms with E-state index in [4.69, 9.17) is 5.11 Å². The molecule has 0 aromatic heterocycles. The number of urea groups is 1. The third-order valence-electron chi connectivity index (χ3n) is 2.72. The molecule has 0 saturated heterocycles. The number of nitrogens with zero attached hydrogens (tertiary/aromatic N) is 2. The highest BCUT2D eigenvalue weighted by Crippen LogP contribution is 2.12. The lowest BCUT2D eigenvalue weighted by Crippen LogP contribution is -2.54. The van der Waals surface area contributed by atoms with E-state index in [1.807, 2.05) is 19.0 Å². The average Bonchev–Trinajstić information content (AvgIpc) is 2.22. The molecule has 0 unspecified atom stereocenters. The van der Waals surface area contributed by atoms with Crippen molar-refractivity contribution in [2.45, 2.75) is 25.8 Å². The summed E-state index contributed by atoms with van der Waals surface area (Å²) in [5.74, 6) is -1.02. The van der Waals surface area contributed by atoms with E-state index >= 15 is 0 Å². The van der Waals surface area contributed by atoms with Crippen molar-refractivity contribution in [1.29, 1.82) is 0 Å². The zero-order valence-electron chi connectivity index (χ0n) is 11.3. The number of nitrogens with one attached hydrogen (secondary N) is 1. The van der Waals surface area contributed by atoms with Crippen molar-refractivity contribution in [3.8, 4) is 0 Å². The molecular formula is C11H23N3O3. The van der Waals surface area contributed by atoms with Gasteiger partial charge in [0.2, 0.25) is 0 Å². The van der Waals surface area contributed by atoms with Crippen molar-refractivity contribution in [1.82, 2.24) is 15.1 Å². The molecule has 0 heterocycles. The first-order valence-corrected chi connectivity index (χ1v) is 5.59. The van der Waals surface area contributed by atoms with E-state index in [0.717, 1.165) is 13.0 Å². The molecule has 0 aromatic rings. The molecule has 0 radical (unpaired) electrons. The lowest BCUT2D eigenvalue weighted by atomic mass is 10.1. The van der Waals surface area contributed by atoms with Crippen molar-refractivity contribution in [2.24, 2.45) is 0 Å². The molecule has 2 N–H and O–H groups in total. The summed E-state index contributed by atoms with van der Waals surface area (Å²) in [6, 6.07) is -0.365. The second-order valence-electron chi connectivity index (χ2n) is 4.81. The fourth-order valence-electron chi connectivity index (χ4n) is 1.11. The van der Waals surface area contributed by atoms with Gasteiger partial charge in [-0.15, -0.1) is 0 Å². The van der Waals surface area contributed by atoms with Gasteiger partial charge in [0.25, 0.3) is 0 Å². The first kappa shape index (κ1) is 15.7. The number of carbonyl (C=O) groups is 2. The van der Waals surface area contributed by atoms with Crippen LogP contribution in [0, 0.1) is 0 Å². The Kier molecular flexibility index (Phi) is 5.95. The number of carboxylic acids is 1. The van der Waals surface area contributed by atoms with Gasteiger partial charge in [-0.25, -0.2) is 9.59 Å². The van der Waals surface area contributed by atoms with E-state index in [1.54, 1.807) is 0 Å². The number of hydrogen-bond donors (Lipinski definition) is 2. The molecule has 0 bridgehead atoms. The molecule has 100 valence electrons. The maximum atomic E-state index is 11.7. The number of carboxylic acid groups (broad SMARTS) is 1. The monoisotopic (exact) mass is 245 g/mol. The molecule has 0 aliphatic rings. The zero-order valence-corrected chi connectivity index (χ0v) is 11.3. The highest BCUT2D eigenvalue weighted by molar-refractivity contribution is 5.85. The van der Waals surface area contributed by atoms with Gasteiger partial charge in [0.1, 0.15) is 5.54 Å². The van der Waals surface area contributed by atoms with E-state index < -0.39 is 11.5 Å². The molecule has 0 fully saturated rings. The summed E-state index contributed by atoms with van der Waals surface area (Å²) in [4.78, 5) is 25.9. The molecule has 6 nitrogen and oxygen atoms in total. The Morgan fingerprint density at radius 3 is 2.18 bits per heavy atom. The fourth-order valence-corrected chi connectivity index (χ4v) is 1.11. The summed E-state index contributed by atoms with van der Waals surface area (Å²) >= 11 is 0. The molecule has 0 aromatic carbocycles. The van der Waals surface area contributed by atoms with Gasteiger partial charge < -0.3 is 20.2 Å². The second-order valence-corrected chi connectivity index (χ2v) is 4.81. The van der Waals surface area contributed by atoms with Gasteiger partial charge in [-0.05, 0) is 40.9 Å². The SMILES string of the molecule is CN(C)CCCNC(=O)N(C)C(C)(C)C(=O)O. The van der Waals surface area contributed by atoms with E-state index in [9.17, 15) is 9.59 Å². The smallest absolute Gasteiger partial charge is 0.329 e. The lowest BCUT2D eigenvalue weighted by Gasteiger charge is -2.31. The van der Waals surface area contributed by atoms with Crippen LogP contribution in [0.4, 0.5) is 4.79 Å². The van der Waals surface area contributed by atoms with Gasteiger partial charge >= 0.3 is 12.0 Å². The van der Waals surface area contributed by atoms with Crippen LogP contribution in [0.5, 0.6) is 0 Å². The Labute approximate surface area is 103 Å². The summed E-state index contributed by atoms with van der Waals surface area (Å²) in [7, 11) is 5.40. The number of amides is 2. The normalized spacial score (nSPS) is 11.4. The van der Waals surface area contributed by atoms with Crippen LogP contribution in [0.15, 0.2) is 0 Å². The van der Waals surface area contributed by atoms with Crippen LogP contribution in [0.1, 0.15) is 20.3 Å². The summed E-state index contributed by atoms with van der Waals surface area (Å²) in [6.07, 6.45) is 0.833. The van der Waals surface area contributed by atoms with Crippen LogP contribution < -0.4 is 5.32 Å². The zero-order chi connectivity index (χ0) is 13.6. The molecule has 0 spiro atoms. The third kappa shape index (κ3) is 5.04. The van der Waals surface area contributed by atoms with Crippen LogP contribution in [-0.2, 0) is 4.79 Å². The third-order valence-corrected chi connectivity index (χ3v) is 2.72. The topological polar surface area (TPSA) is 72.9 Å². The number of likely N-dealkylation sites (N-methyl/N-ethyl adjacent to an activating group) is 1. The molecule has 6 heteroatoms. The molecule has 0 saturated carbocycles. The van der Waals surface area contributed by atoms with Gasteiger partial charge in [-0.1, -0.05) is 0 Å². The van der Waals surface area contributed by atoms with Crippen molar-refractivity contribution in [2.75, 3.05) is 34.2 Å². The van der Waals surface area contributed by atoms with E-state index in [-0.39, 0.29) is 6.03 Å². The van der Waals surface area contributed by atoms with Crippen molar-refractivity contribution >= 4 is 12.0 Å². The van der Waals surface area contributed by atoms with E-state index in [0.29, 0.717) is 6.54 Å². The van der Waals surface area contributed by atoms with Gasteiger partial charge in [-0.3, -0.25) is 0 Å². The molecule has 0 rings (SSSR count). The van der Waals surface area contributed by atoms with Gasteiger partial charge in [0, 0.05) is 13.6 Å². The van der Waals surface area contributed by atoms with E-state index in [2.05, 4.69) is 5.32 Å². The minimum absolute atomic E-state index is 0.365. The van der Waals surface area contributed by atoms with Crippen LogP contribution in [0.2, 0.25) is 0 Å². The Hall–Kier alpha value is -1.30. The van der Waals surface area contributed by atoms with Crippen molar-refractivity contribution in [3.05, 3.63) is 0 Å². The van der Waals surface area contributed by atoms with Gasteiger partial charge in [0.15, 0.2) is 0 Å². The van der Waals surface area contributed by atoms with Crippen LogP contribution in [0.3, 0.4) is 0 Å². The summed E-state index contributed by atoms with van der Waals surface area (Å²) in [6.45, 7) is 4.41. The highest BCUT2D eigenvalue weighted by Gasteiger charge is 2.34.